The van der Waals surface area contributed by atoms with Crippen molar-refractivity contribution in [1.29, 1.82) is 0 Å². The maximum Gasteiger partial charge on any atom is 0.191 e. The Morgan fingerprint density at radius 3 is 2.86 bits per heavy atom. The van der Waals surface area contributed by atoms with E-state index in [-0.39, 0.29) is 0 Å². The van der Waals surface area contributed by atoms with Crippen LogP contribution in [-0.4, -0.2) is 37.2 Å². The van der Waals surface area contributed by atoms with E-state index in [1.54, 1.807) is 0 Å². The SMILES string of the molecule is C=CCSCCNC(=NCc1ccccc1OCC)NCC. The number of hydrogen-bond acceptors (Lipinski definition) is 3. The molecule has 0 bridgehead atoms. The van der Waals surface area contributed by atoms with Gasteiger partial charge in [-0.15, -0.1) is 6.58 Å². The van der Waals surface area contributed by atoms with Gasteiger partial charge in [0.1, 0.15) is 5.75 Å². The van der Waals surface area contributed by atoms with Crippen molar-refractivity contribution in [3.63, 3.8) is 0 Å². The van der Waals surface area contributed by atoms with Gasteiger partial charge >= 0.3 is 0 Å². The third kappa shape index (κ3) is 7.41. The molecule has 0 amide bonds. The molecule has 122 valence electrons. The first-order chi connectivity index (χ1) is 10.8. The minimum Gasteiger partial charge on any atom is -0.494 e. The van der Waals surface area contributed by atoms with Gasteiger partial charge in [0.15, 0.2) is 5.96 Å². The standard InChI is InChI=1S/C17H27N3OS/c1-4-12-22-13-11-19-17(18-5-2)20-14-15-9-7-8-10-16(15)21-6-3/h4,7-10H,1,5-6,11-14H2,2-3H3,(H2,18,19,20). The predicted molar refractivity (Wildman–Crippen MR) is 98.0 cm³/mol. The fourth-order valence-corrected chi connectivity index (χ4v) is 2.42. The van der Waals surface area contributed by atoms with Gasteiger partial charge in [-0.25, -0.2) is 4.99 Å². The number of nitrogens with zero attached hydrogens (tertiary/aromatic N) is 1. The lowest BCUT2D eigenvalue weighted by atomic mass is 10.2. The molecule has 0 saturated heterocycles. The molecule has 0 heterocycles. The maximum absolute atomic E-state index is 5.63. The molecule has 0 aromatic heterocycles. The van der Waals surface area contributed by atoms with Crippen molar-refractivity contribution in [2.45, 2.75) is 20.4 Å². The summed E-state index contributed by atoms with van der Waals surface area (Å²) in [6.45, 7) is 10.8. The van der Waals surface area contributed by atoms with Crippen LogP contribution in [0.5, 0.6) is 5.75 Å². The molecule has 0 aliphatic rings. The van der Waals surface area contributed by atoms with Crippen LogP contribution in [0.3, 0.4) is 0 Å². The predicted octanol–water partition coefficient (Wildman–Crippen LogP) is 3.06. The molecule has 1 aromatic rings. The summed E-state index contributed by atoms with van der Waals surface area (Å²) in [5.41, 5.74) is 1.10. The van der Waals surface area contributed by atoms with Crippen molar-refractivity contribution in [1.82, 2.24) is 10.6 Å². The summed E-state index contributed by atoms with van der Waals surface area (Å²) < 4.78 is 5.63. The maximum atomic E-state index is 5.63. The van der Waals surface area contributed by atoms with E-state index in [0.717, 1.165) is 41.9 Å². The Hall–Kier alpha value is -1.62. The highest BCUT2D eigenvalue weighted by molar-refractivity contribution is 7.99. The summed E-state index contributed by atoms with van der Waals surface area (Å²) in [6.07, 6.45) is 1.93. The summed E-state index contributed by atoms with van der Waals surface area (Å²) in [5, 5.41) is 6.61. The van der Waals surface area contributed by atoms with Crippen LogP contribution in [0.1, 0.15) is 19.4 Å². The molecular weight excluding hydrogens is 294 g/mol. The van der Waals surface area contributed by atoms with E-state index in [4.69, 9.17) is 4.74 Å². The Morgan fingerprint density at radius 1 is 1.32 bits per heavy atom. The largest absolute Gasteiger partial charge is 0.494 e. The summed E-state index contributed by atoms with van der Waals surface area (Å²) in [4.78, 5) is 4.63. The van der Waals surface area contributed by atoms with Crippen LogP contribution in [0.4, 0.5) is 0 Å². The molecule has 0 aliphatic heterocycles. The summed E-state index contributed by atoms with van der Waals surface area (Å²) in [7, 11) is 0. The van der Waals surface area contributed by atoms with Crippen LogP contribution in [0.15, 0.2) is 41.9 Å². The molecule has 0 radical (unpaired) electrons. The van der Waals surface area contributed by atoms with Crippen molar-refractivity contribution in [2.24, 2.45) is 4.99 Å². The summed E-state index contributed by atoms with van der Waals surface area (Å²) >= 11 is 1.85. The Morgan fingerprint density at radius 2 is 2.14 bits per heavy atom. The van der Waals surface area contributed by atoms with Gasteiger partial charge < -0.3 is 15.4 Å². The van der Waals surface area contributed by atoms with Crippen LogP contribution in [0.25, 0.3) is 0 Å². The monoisotopic (exact) mass is 321 g/mol. The second-order valence-corrected chi connectivity index (χ2v) is 5.68. The van der Waals surface area contributed by atoms with Crippen molar-refractivity contribution in [3.8, 4) is 5.75 Å². The molecule has 1 rings (SSSR count). The Labute approximate surface area is 138 Å². The van der Waals surface area contributed by atoms with Crippen LogP contribution < -0.4 is 15.4 Å². The van der Waals surface area contributed by atoms with Crippen molar-refractivity contribution < 1.29 is 4.74 Å². The molecule has 1 aromatic carbocycles. The van der Waals surface area contributed by atoms with Gasteiger partial charge in [0.05, 0.1) is 13.2 Å². The highest BCUT2D eigenvalue weighted by atomic mass is 32.2. The number of aliphatic imine (C=N–C) groups is 1. The molecule has 2 N–H and O–H groups in total. The van der Waals surface area contributed by atoms with Crippen molar-refractivity contribution in [2.75, 3.05) is 31.2 Å². The molecule has 4 nitrogen and oxygen atoms in total. The smallest absolute Gasteiger partial charge is 0.191 e. The molecule has 0 saturated carbocycles. The van der Waals surface area contributed by atoms with Gasteiger partial charge in [0, 0.05) is 30.2 Å². The van der Waals surface area contributed by atoms with E-state index >= 15 is 0 Å². The Bertz CT molecular complexity index is 463. The molecule has 0 unspecified atom stereocenters. The number of thioether (sulfide) groups is 1. The first-order valence-corrected chi connectivity index (χ1v) is 8.88. The van der Waals surface area contributed by atoms with Gasteiger partial charge in [0.25, 0.3) is 0 Å². The third-order valence-corrected chi connectivity index (χ3v) is 3.76. The molecule has 0 fully saturated rings. The number of ether oxygens (including phenoxy) is 1. The van der Waals surface area contributed by atoms with E-state index in [1.165, 1.54) is 0 Å². The average Bonchev–Trinajstić information content (AvgIpc) is 2.54. The van der Waals surface area contributed by atoms with E-state index in [0.29, 0.717) is 13.2 Å². The van der Waals surface area contributed by atoms with Gasteiger partial charge in [-0.2, -0.15) is 11.8 Å². The third-order valence-electron chi connectivity index (χ3n) is 2.80. The van der Waals surface area contributed by atoms with Crippen LogP contribution in [0, 0.1) is 0 Å². The number of rotatable bonds is 10. The molecule has 0 aliphatic carbocycles. The lowest BCUT2D eigenvalue weighted by Crippen LogP contribution is -2.38. The lowest BCUT2D eigenvalue weighted by molar-refractivity contribution is 0.336. The fourth-order valence-electron chi connectivity index (χ4n) is 1.85. The van der Waals surface area contributed by atoms with Crippen LogP contribution in [0.2, 0.25) is 0 Å². The normalized spacial score (nSPS) is 11.1. The van der Waals surface area contributed by atoms with E-state index < -0.39 is 0 Å². The number of benzene rings is 1. The molecule has 5 heteroatoms. The molecule has 22 heavy (non-hydrogen) atoms. The number of hydrogen-bond donors (Lipinski definition) is 2. The number of nitrogens with one attached hydrogen (secondary N) is 2. The Kier molecular flexibility index (Phi) is 10.0. The average molecular weight is 321 g/mol. The quantitative estimate of drug-likeness (QED) is 0.301. The zero-order valence-electron chi connectivity index (χ0n) is 13.6. The highest BCUT2D eigenvalue weighted by Gasteiger charge is 2.02. The summed E-state index contributed by atoms with van der Waals surface area (Å²) in [6, 6.07) is 8.04. The number of para-hydroxylation sites is 1. The van der Waals surface area contributed by atoms with Gasteiger partial charge in [0.2, 0.25) is 0 Å². The van der Waals surface area contributed by atoms with Gasteiger partial charge in [-0.05, 0) is 19.9 Å². The minimum absolute atomic E-state index is 0.602. The molecule has 0 atom stereocenters. The fraction of sp³-hybridized carbons (Fsp3) is 0.471. The van der Waals surface area contributed by atoms with E-state index in [9.17, 15) is 0 Å². The van der Waals surface area contributed by atoms with Crippen LogP contribution in [-0.2, 0) is 6.54 Å². The Balaban J connectivity index is 2.55. The molecular formula is C17H27N3OS. The number of guanidine groups is 1. The first kappa shape index (κ1) is 18.4. The zero-order valence-corrected chi connectivity index (χ0v) is 14.4. The molecule has 0 spiro atoms. The topological polar surface area (TPSA) is 45.7 Å². The summed E-state index contributed by atoms with van der Waals surface area (Å²) in [5.74, 6) is 3.77. The van der Waals surface area contributed by atoms with Gasteiger partial charge in [-0.1, -0.05) is 24.3 Å². The van der Waals surface area contributed by atoms with Crippen molar-refractivity contribution >= 4 is 17.7 Å². The highest BCUT2D eigenvalue weighted by Crippen LogP contribution is 2.18. The van der Waals surface area contributed by atoms with Crippen molar-refractivity contribution in [3.05, 3.63) is 42.5 Å². The first-order valence-electron chi connectivity index (χ1n) is 7.73. The van der Waals surface area contributed by atoms with Gasteiger partial charge in [-0.3, -0.25) is 0 Å². The van der Waals surface area contributed by atoms with Crippen LogP contribution >= 0.6 is 11.8 Å². The van der Waals surface area contributed by atoms with E-state index in [2.05, 4.69) is 35.2 Å². The van der Waals surface area contributed by atoms with E-state index in [1.807, 2.05) is 43.0 Å². The second-order valence-electron chi connectivity index (χ2n) is 4.53. The lowest BCUT2D eigenvalue weighted by Gasteiger charge is -2.12. The minimum atomic E-state index is 0.602. The second kappa shape index (κ2) is 12.0. The zero-order chi connectivity index (χ0) is 16.0.